The van der Waals surface area contributed by atoms with Gasteiger partial charge in [-0.1, -0.05) is 0 Å². The first-order chi connectivity index (χ1) is 5.02. The highest BCUT2D eigenvalue weighted by molar-refractivity contribution is 4.76. The van der Waals surface area contributed by atoms with E-state index in [1.807, 2.05) is 6.92 Å². The maximum absolute atomic E-state index is 9.31. The lowest BCUT2D eigenvalue weighted by Crippen LogP contribution is -2.46. The molecule has 0 radical (unpaired) electrons. The third kappa shape index (κ3) is 5.15. The molecule has 0 aliphatic carbocycles. The molecule has 2 unspecified atom stereocenters. The van der Waals surface area contributed by atoms with Crippen LogP contribution in [0.1, 0.15) is 13.8 Å². The minimum Gasteiger partial charge on any atom is -0.393 e. The van der Waals surface area contributed by atoms with Crippen molar-refractivity contribution in [2.75, 3.05) is 19.7 Å². The van der Waals surface area contributed by atoms with Crippen molar-refractivity contribution in [3.63, 3.8) is 0 Å². The fraction of sp³-hybridized carbons (Fsp3) is 1.00. The molecular weight excluding hydrogens is 144 g/mol. The molecule has 0 aromatic heterocycles. The molecule has 0 fully saturated rings. The van der Waals surface area contributed by atoms with Crippen LogP contribution in [0.4, 0.5) is 0 Å². The Kier molecular flexibility index (Phi) is 4.60. The van der Waals surface area contributed by atoms with Gasteiger partial charge in [-0.05, 0) is 13.8 Å². The number of nitrogens with two attached hydrogens (primary N) is 1. The zero-order valence-electron chi connectivity index (χ0n) is 7.17. The van der Waals surface area contributed by atoms with Crippen LogP contribution >= 0.6 is 0 Å². The monoisotopic (exact) mass is 162 g/mol. The molecule has 4 nitrogen and oxygen atoms in total. The predicted molar refractivity (Wildman–Crippen MR) is 44.2 cm³/mol. The molecule has 0 aliphatic rings. The first-order valence-electron chi connectivity index (χ1n) is 3.78. The van der Waals surface area contributed by atoms with E-state index in [-0.39, 0.29) is 12.6 Å². The highest BCUT2D eigenvalue weighted by atomic mass is 16.3. The van der Waals surface area contributed by atoms with E-state index in [1.165, 1.54) is 0 Å². The van der Waals surface area contributed by atoms with Crippen molar-refractivity contribution in [2.45, 2.75) is 25.5 Å². The fourth-order valence-electron chi connectivity index (χ4n) is 0.533. The lowest BCUT2D eigenvalue weighted by atomic mass is 10.1. The normalized spacial score (nSPS) is 19.4. The van der Waals surface area contributed by atoms with Crippen molar-refractivity contribution in [3.05, 3.63) is 0 Å². The first-order valence-corrected chi connectivity index (χ1v) is 3.78. The van der Waals surface area contributed by atoms with Crippen LogP contribution in [0.25, 0.3) is 0 Å². The van der Waals surface area contributed by atoms with E-state index in [1.54, 1.807) is 6.92 Å². The molecule has 0 aromatic rings. The highest BCUT2D eigenvalue weighted by Gasteiger charge is 2.18. The summed E-state index contributed by atoms with van der Waals surface area (Å²) in [5.74, 6) is 0. The van der Waals surface area contributed by atoms with Gasteiger partial charge in [0.05, 0.1) is 12.2 Å². The Morgan fingerprint density at radius 2 is 2.18 bits per heavy atom. The number of aliphatic hydroxyl groups is 2. The van der Waals surface area contributed by atoms with E-state index in [2.05, 4.69) is 5.32 Å². The van der Waals surface area contributed by atoms with Crippen molar-refractivity contribution >= 4 is 0 Å². The summed E-state index contributed by atoms with van der Waals surface area (Å²) in [6.45, 7) is 4.15. The molecule has 0 aliphatic heterocycles. The second kappa shape index (κ2) is 4.66. The molecule has 11 heavy (non-hydrogen) atoms. The maximum Gasteiger partial charge on any atom is 0.0972 e. The Hall–Kier alpha value is -0.160. The quantitative estimate of drug-likeness (QED) is 0.404. The zero-order chi connectivity index (χ0) is 8.91. The van der Waals surface area contributed by atoms with Crippen LogP contribution in [0.5, 0.6) is 0 Å². The van der Waals surface area contributed by atoms with Crippen LogP contribution in [0.2, 0.25) is 0 Å². The molecule has 0 rings (SSSR count). The third-order valence-electron chi connectivity index (χ3n) is 1.53. The summed E-state index contributed by atoms with van der Waals surface area (Å²) in [7, 11) is 0. The van der Waals surface area contributed by atoms with E-state index < -0.39 is 5.60 Å². The molecule has 0 aromatic carbocycles. The summed E-state index contributed by atoms with van der Waals surface area (Å²) in [5.41, 5.74) is 4.30. The third-order valence-corrected chi connectivity index (χ3v) is 1.53. The highest BCUT2D eigenvalue weighted by Crippen LogP contribution is 1.98. The molecule has 0 saturated carbocycles. The largest absolute Gasteiger partial charge is 0.393 e. The Morgan fingerprint density at radius 1 is 1.64 bits per heavy atom. The van der Waals surface area contributed by atoms with E-state index in [0.29, 0.717) is 13.1 Å². The van der Waals surface area contributed by atoms with Crippen molar-refractivity contribution < 1.29 is 10.2 Å². The lowest BCUT2D eigenvalue weighted by molar-refractivity contribution is 0.00129. The van der Waals surface area contributed by atoms with Gasteiger partial charge in [0.1, 0.15) is 0 Å². The molecule has 0 amide bonds. The smallest absolute Gasteiger partial charge is 0.0972 e. The summed E-state index contributed by atoms with van der Waals surface area (Å²) >= 11 is 0. The van der Waals surface area contributed by atoms with Crippen LogP contribution < -0.4 is 11.1 Å². The molecule has 0 saturated heterocycles. The minimum atomic E-state index is -1.04. The Morgan fingerprint density at radius 3 is 2.55 bits per heavy atom. The zero-order valence-corrected chi connectivity index (χ0v) is 7.17. The molecular formula is C7H18N2O2. The number of nitrogens with one attached hydrogen (secondary N) is 1. The average Bonchev–Trinajstić information content (AvgIpc) is 2.00. The summed E-state index contributed by atoms with van der Waals surface area (Å²) in [6, 6.07) is 0.174. The van der Waals surface area contributed by atoms with Gasteiger partial charge in [-0.2, -0.15) is 0 Å². The van der Waals surface area contributed by atoms with Gasteiger partial charge in [0.15, 0.2) is 0 Å². The van der Waals surface area contributed by atoms with Crippen molar-refractivity contribution in [2.24, 2.45) is 5.73 Å². The van der Waals surface area contributed by atoms with E-state index in [0.717, 1.165) is 0 Å². The second-order valence-corrected chi connectivity index (χ2v) is 3.17. The lowest BCUT2D eigenvalue weighted by Gasteiger charge is -2.22. The first kappa shape index (κ1) is 10.8. The molecule has 2 atom stereocenters. The van der Waals surface area contributed by atoms with E-state index in [9.17, 15) is 5.11 Å². The molecule has 0 bridgehead atoms. The van der Waals surface area contributed by atoms with Gasteiger partial charge in [-0.3, -0.25) is 0 Å². The van der Waals surface area contributed by atoms with Gasteiger partial charge in [0.2, 0.25) is 0 Å². The van der Waals surface area contributed by atoms with Crippen LogP contribution in [-0.2, 0) is 0 Å². The molecule has 4 heteroatoms. The van der Waals surface area contributed by atoms with Gasteiger partial charge in [0.25, 0.3) is 0 Å². The molecule has 0 spiro atoms. The SMILES string of the molecule is CC(CN)NCC(C)(O)CO. The summed E-state index contributed by atoms with van der Waals surface area (Å²) in [4.78, 5) is 0. The van der Waals surface area contributed by atoms with Gasteiger partial charge in [0, 0.05) is 19.1 Å². The maximum atomic E-state index is 9.31. The Bertz CT molecular complexity index is 107. The molecule has 68 valence electrons. The van der Waals surface area contributed by atoms with E-state index in [4.69, 9.17) is 10.8 Å². The van der Waals surface area contributed by atoms with Gasteiger partial charge >= 0.3 is 0 Å². The van der Waals surface area contributed by atoms with Crippen LogP contribution in [0.3, 0.4) is 0 Å². The van der Waals surface area contributed by atoms with Gasteiger partial charge < -0.3 is 21.3 Å². The number of rotatable bonds is 5. The minimum absolute atomic E-state index is 0.174. The van der Waals surface area contributed by atoms with Gasteiger partial charge in [-0.15, -0.1) is 0 Å². The Balaban J connectivity index is 3.52. The van der Waals surface area contributed by atoms with Crippen LogP contribution in [0, 0.1) is 0 Å². The summed E-state index contributed by atoms with van der Waals surface area (Å²) < 4.78 is 0. The van der Waals surface area contributed by atoms with Crippen LogP contribution in [0.15, 0.2) is 0 Å². The van der Waals surface area contributed by atoms with Gasteiger partial charge in [-0.25, -0.2) is 0 Å². The molecule has 0 heterocycles. The number of aliphatic hydroxyl groups excluding tert-OH is 1. The average molecular weight is 162 g/mol. The number of hydrogen-bond donors (Lipinski definition) is 4. The fourth-order valence-corrected chi connectivity index (χ4v) is 0.533. The topological polar surface area (TPSA) is 78.5 Å². The standard InChI is InChI=1S/C7H18N2O2/c1-6(3-8)9-4-7(2,11)5-10/h6,9-11H,3-5,8H2,1-2H3. The van der Waals surface area contributed by atoms with Crippen LogP contribution in [-0.4, -0.2) is 41.6 Å². The van der Waals surface area contributed by atoms with Crippen molar-refractivity contribution in [3.8, 4) is 0 Å². The summed E-state index contributed by atoms with van der Waals surface area (Å²) in [5, 5.41) is 21.0. The number of hydrogen-bond acceptors (Lipinski definition) is 4. The Labute approximate surface area is 67.4 Å². The summed E-state index contributed by atoms with van der Waals surface area (Å²) in [6.07, 6.45) is 0. The van der Waals surface area contributed by atoms with Crippen molar-refractivity contribution in [1.29, 1.82) is 0 Å². The van der Waals surface area contributed by atoms with Crippen molar-refractivity contribution in [1.82, 2.24) is 5.32 Å². The second-order valence-electron chi connectivity index (χ2n) is 3.17. The van der Waals surface area contributed by atoms with E-state index >= 15 is 0 Å². The predicted octanol–water partition coefficient (Wildman–Crippen LogP) is -1.33. The molecule has 5 N–H and O–H groups in total.